The normalized spacial score (nSPS) is 16.2. The van der Waals surface area contributed by atoms with Crippen molar-refractivity contribution in [3.8, 4) is 11.1 Å². The van der Waals surface area contributed by atoms with Gasteiger partial charge in [0.25, 0.3) is 0 Å². The molecule has 0 fully saturated rings. The van der Waals surface area contributed by atoms with Crippen molar-refractivity contribution >= 4 is 0 Å². The van der Waals surface area contributed by atoms with Crippen LogP contribution in [-0.4, -0.2) is 0 Å². The van der Waals surface area contributed by atoms with Gasteiger partial charge >= 0.3 is 0 Å². The Morgan fingerprint density at radius 3 is 2.35 bits per heavy atom. The van der Waals surface area contributed by atoms with Gasteiger partial charge in [-0.15, -0.1) is 0 Å². The van der Waals surface area contributed by atoms with Crippen LogP contribution in [0.3, 0.4) is 0 Å². The fraction of sp³-hybridized carbons (Fsp3) is 0.235. The highest BCUT2D eigenvalue weighted by Crippen LogP contribution is 2.40. The Hall–Kier alpha value is -1.56. The topological polar surface area (TPSA) is 0 Å². The Kier molecular flexibility index (Phi) is 1.93. The third-order valence-corrected chi connectivity index (χ3v) is 4.08. The van der Waals surface area contributed by atoms with E-state index in [4.69, 9.17) is 0 Å². The number of fused-ring (bicyclic) bond motifs is 4. The van der Waals surface area contributed by atoms with Crippen LogP contribution < -0.4 is 0 Å². The van der Waals surface area contributed by atoms with E-state index in [1.807, 2.05) is 0 Å². The Balaban J connectivity index is 1.93. The third kappa shape index (κ3) is 1.37. The first-order valence-corrected chi connectivity index (χ1v) is 6.52. The molecule has 2 aromatic rings. The molecule has 2 aliphatic rings. The zero-order chi connectivity index (χ0) is 11.2. The largest absolute Gasteiger partial charge is 0.0619 e. The van der Waals surface area contributed by atoms with E-state index in [2.05, 4.69) is 42.8 Å². The van der Waals surface area contributed by atoms with Gasteiger partial charge in [-0.2, -0.15) is 0 Å². The van der Waals surface area contributed by atoms with E-state index < -0.39 is 0 Å². The Morgan fingerprint density at radius 1 is 0.706 bits per heavy atom. The molecule has 0 aromatic heterocycles. The van der Waals surface area contributed by atoms with Gasteiger partial charge in [-0.05, 0) is 59.1 Å². The van der Waals surface area contributed by atoms with Crippen molar-refractivity contribution in [1.29, 1.82) is 0 Å². The van der Waals surface area contributed by atoms with Crippen LogP contribution in [0.25, 0.3) is 11.1 Å². The van der Waals surface area contributed by atoms with Crippen molar-refractivity contribution in [2.24, 2.45) is 0 Å². The smallest absolute Gasteiger partial charge is 0.0212 e. The lowest BCUT2D eigenvalue weighted by Gasteiger charge is -2.17. The van der Waals surface area contributed by atoms with Gasteiger partial charge in [-0.3, -0.25) is 0 Å². The monoisotopic (exact) mass is 219 g/mol. The molecule has 0 spiro atoms. The fourth-order valence-corrected chi connectivity index (χ4v) is 3.19. The number of benzene rings is 2. The van der Waals surface area contributed by atoms with E-state index in [1.165, 1.54) is 47.9 Å². The molecule has 4 rings (SSSR count). The van der Waals surface area contributed by atoms with E-state index in [0.29, 0.717) is 0 Å². The molecule has 0 heteroatoms. The molecule has 0 amide bonds. The van der Waals surface area contributed by atoms with E-state index >= 15 is 0 Å². The van der Waals surface area contributed by atoms with Gasteiger partial charge in [0.05, 0.1) is 0 Å². The maximum Gasteiger partial charge on any atom is 0.0212 e. The maximum atomic E-state index is 2.44. The lowest BCUT2D eigenvalue weighted by molar-refractivity contribution is 0.685. The lowest BCUT2D eigenvalue weighted by Crippen LogP contribution is -2.03. The standard InChI is InChI=1S/C17H15/c1-2-6-13-11-17-15(9-12(13)5-1)10-14-7-3-4-8-16(14)17/h3-4,7-11H,1-2,5-6H2. The van der Waals surface area contributed by atoms with Gasteiger partial charge in [0.15, 0.2) is 0 Å². The van der Waals surface area contributed by atoms with Crippen LogP contribution in [0.4, 0.5) is 0 Å². The number of hydrogen-bond acceptors (Lipinski definition) is 0. The van der Waals surface area contributed by atoms with Crippen LogP contribution >= 0.6 is 0 Å². The molecule has 0 nitrogen and oxygen atoms in total. The van der Waals surface area contributed by atoms with Crippen molar-refractivity contribution < 1.29 is 0 Å². The first-order valence-electron chi connectivity index (χ1n) is 6.52. The Bertz CT molecular complexity index is 593. The summed E-state index contributed by atoms with van der Waals surface area (Å²) >= 11 is 0. The summed E-state index contributed by atoms with van der Waals surface area (Å²) in [6, 6.07) is 13.6. The van der Waals surface area contributed by atoms with Gasteiger partial charge < -0.3 is 0 Å². The summed E-state index contributed by atoms with van der Waals surface area (Å²) < 4.78 is 0. The predicted molar refractivity (Wildman–Crippen MR) is 71.0 cm³/mol. The molecule has 0 unspecified atom stereocenters. The SMILES string of the molecule is [CH]1c2ccccc2-c2cc3c(cc21)CCCC3. The van der Waals surface area contributed by atoms with E-state index in [-0.39, 0.29) is 0 Å². The van der Waals surface area contributed by atoms with Crippen LogP contribution in [0.1, 0.15) is 35.1 Å². The summed E-state index contributed by atoms with van der Waals surface area (Å²) in [4.78, 5) is 0. The molecule has 0 saturated heterocycles. The second-order valence-electron chi connectivity index (χ2n) is 5.15. The molecule has 0 bridgehead atoms. The van der Waals surface area contributed by atoms with Crippen LogP contribution in [-0.2, 0) is 12.8 Å². The third-order valence-electron chi connectivity index (χ3n) is 4.08. The highest BCUT2D eigenvalue weighted by molar-refractivity contribution is 5.82. The lowest BCUT2D eigenvalue weighted by atomic mass is 9.88. The summed E-state index contributed by atoms with van der Waals surface area (Å²) in [5.41, 5.74) is 8.83. The molecule has 1 radical (unpaired) electrons. The van der Waals surface area contributed by atoms with E-state index in [1.54, 1.807) is 11.1 Å². The highest BCUT2D eigenvalue weighted by Gasteiger charge is 2.21. The Labute approximate surface area is 102 Å². The minimum atomic E-state index is 1.27. The van der Waals surface area contributed by atoms with Gasteiger partial charge in [-0.1, -0.05) is 36.4 Å². The first-order chi connectivity index (χ1) is 8.42. The molecule has 2 aromatic carbocycles. The first kappa shape index (κ1) is 9.47. The number of hydrogen-bond donors (Lipinski definition) is 0. The highest BCUT2D eigenvalue weighted by atomic mass is 14.2. The molecule has 83 valence electrons. The summed E-state index contributed by atoms with van der Waals surface area (Å²) in [5, 5.41) is 0. The van der Waals surface area contributed by atoms with E-state index in [0.717, 1.165) is 0 Å². The van der Waals surface area contributed by atoms with Crippen molar-refractivity contribution in [2.75, 3.05) is 0 Å². The quantitative estimate of drug-likeness (QED) is 0.533. The van der Waals surface area contributed by atoms with Crippen LogP contribution in [0.15, 0.2) is 36.4 Å². The maximum absolute atomic E-state index is 2.44. The molecule has 0 atom stereocenters. The summed E-state index contributed by atoms with van der Waals surface area (Å²) in [6.07, 6.45) is 7.59. The minimum absolute atomic E-state index is 1.27. The Morgan fingerprint density at radius 2 is 1.47 bits per heavy atom. The molecule has 2 aliphatic carbocycles. The molecule has 0 aliphatic heterocycles. The minimum Gasteiger partial charge on any atom is -0.0619 e. The average molecular weight is 219 g/mol. The molecule has 17 heavy (non-hydrogen) atoms. The summed E-state index contributed by atoms with van der Waals surface area (Å²) in [6.45, 7) is 0. The van der Waals surface area contributed by atoms with Crippen LogP contribution in [0.5, 0.6) is 0 Å². The molecule has 0 heterocycles. The van der Waals surface area contributed by atoms with Gasteiger partial charge in [0.1, 0.15) is 0 Å². The second-order valence-corrected chi connectivity index (χ2v) is 5.15. The second kappa shape index (κ2) is 3.46. The van der Waals surface area contributed by atoms with Crippen LogP contribution in [0.2, 0.25) is 0 Å². The van der Waals surface area contributed by atoms with Gasteiger partial charge in [0, 0.05) is 6.42 Å². The molecular formula is C17H15. The average Bonchev–Trinajstić information content (AvgIpc) is 2.73. The van der Waals surface area contributed by atoms with Gasteiger partial charge in [0.2, 0.25) is 0 Å². The number of aryl methyl sites for hydroxylation is 2. The zero-order valence-corrected chi connectivity index (χ0v) is 9.87. The molecular weight excluding hydrogens is 204 g/mol. The summed E-state index contributed by atoms with van der Waals surface area (Å²) in [5.74, 6) is 0. The van der Waals surface area contributed by atoms with Crippen LogP contribution in [0, 0.1) is 6.42 Å². The van der Waals surface area contributed by atoms with Crippen molar-refractivity contribution in [3.05, 3.63) is 65.1 Å². The zero-order valence-electron chi connectivity index (χ0n) is 9.87. The summed E-state index contributed by atoms with van der Waals surface area (Å²) in [7, 11) is 0. The van der Waals surface area contributed by atoms with Crippen molar-refractivity contribution in [3.63, 3.8) is 0 Å². The van der Waals surface area contributed by atoms with Crippen molar-refractivity contribution in [2.45, 2.75) is 25.7 Å². The molecule has 0 N–H and O–H groups in total. The molecule has 0 saturated carbocycles. The van der Waals surface area contributed by atoms with E-state index in [9.17, 15) is 0 Å². The van der Waals surface area contributed by atoms with Crippen molar-refractivity contribution in [1.82, 2.24) is 0 Å². The fourth-order valence-electron chi connectivity index (χ4n) is 3.19. The van der Waals surface area contributed by atoms with Gasteiger partial charge in [-0.25, -0.2) is 0 Å². The number of rotatable bonds is 0. The predicted octanol–water partition coefficient (Wildman–Crippen LogP) is 4.15.